The Bertz CT molecular complexity index is 558. The van der Waals surface area contributed by atoms with Gasteiger partial charge in [0, 0.05) is 0 Å². The van der Waals surface area contributed by atoms with Gasteiger partial charge in [0.25, 0.3) is 0 Å². The molecule has 1 aromatic rings. The smallest absolute Gasteiger partial charge is 0.415 e. The fraction of sp³-hybridized carbons (Fsp3) is 0.632. The van der Waals surface area contributed by atoms with Gasteiger partial charge in [0.15, 0.2) is 0 Å². The number of benzene rings is 1. The fourth-order valence-corrected chi connectivity index (χ4v) is 3.62. The normalized spacial score (nSPS) is 22.2. The number of hydrogen-bond donors (Lipinski definition) is 0. The SMILES string of the molecule is CC(C)(C)OC(=O)N1c2ccccc2OC[C@H]1C1CCCCC1. The molecule has 1 aliphatic carbocycles. The van der Waals surface area contributed by atoms with Crippen LogP contribution in [0.25, 0.3) is 0 Å². The number of carbonyl (C=O) groups excluding carboxylic acids is 1. The molecular weight excluding hydrogens is 290 g/mol. The van der Waals surface area contributed by atoms with Gasteiger partial charge in [0.05, 0.1) is 11.7 Å². The maximum Gasteiger partial charge on any atom is 0.415 e. The first-order valence-electron chi connectivity index (χ1n) is 8.70. The highest BCUT2D eigenvalue weighted by molar-refractivity contribution is 5.91. The lowest BCUT2D eigenvalue weighted by Crippen LogP contribution is -2.52. The van der Waals surface area contributed by atoms with Crippen molar-refractivity contribution in [2.24, 2.45) is 5.92 Å². The first kappa shape index (κ1) is 16.2. The summed E-state index contributed by atoms with van der Waals surface area (Å²) in [6.07, 6.45) is 5.84. The molecule has 2 aliphatic rings. The lowest BCUT2D eigenvalue weighted by atomic mass is 9.83. The van der Waals surface area contributed by atoms with E-state index in [1.54, 1.807) is 0 Å². The summed E-state index contributed by atoms with van der Waals surface area (Å²) in [5.74, 6) is 1.26. The molecule has 4 nitrogen and oxygen atoms in total. The molecule has 1 heterocycles. The minimum atomic E-state index is -0.499. The Balaban J connectivity index is 1.91. The van der Waals surface area contributed by atoms with Crippen molar-refractivity contribution in [1.82, 2.24) is 0 Å². The maximum absolute atomic E-state index is 12.9. The van der Waals surface area contributed by atoms with Gasteiger partial charge >= 0.3 is 6.09 Å². The van der Waals surface area contributed by atoms with Crippen molar-refractivity contribution < 1.29 is 14.3 Å². The number of anilines is 1. The van der Waals surface area contributed by atoms with Gasteiger partial charge in [-0.25, -0.2) is 4.79 Å². The van der Waals surface area contributed by atoms with Crippen molar-refractivity contribution >= 4 is 11.8 Å². The third-order valence-corrected chi connectivity index (χ3v) is 4.65. The Labute approximate surface area is 138 Å². The molecule has 1 aromatic carbocycles. The molecule has 0 radical (unpaired) electrons. The summed E-state index contributed by atoms with van der Waals surface area (Å²) < 4.78 is 11.6. The molecule has 0 unspecified atom stereocenters. The molecule has 126 valence electrons. The van der Waals surface area contributed by atoms with Crippen molar-refractivity contribution in [2.75, 3.05) is 11.5 Å². The van der Waals surface area contributed by atoms with Crippen molar-refractivity contribution in [2.45, 2.75) is 64.5 Å². The van der Waals surface area contributed by atoms with Gasteiger partial charge in [-0.3, -0.25) is 4.90 Å². The van der Waals surface area contributed by atoms with E-state index in [9.17, 15) is 4.79 Å². The largest absolute Gasteiger partial charge is 0.489 e. The van der Waals surface area contributed by atoms with Crippen molar-refractivity contribution in [3.63, 3.8) is 0 Å². The summed E-state index contributed by atoms with van der Waals surface area (Å²) in [7, 11) is 0. The Morgan fingerprint density at radius 1 is 1.17 bits per heavy atom. The molecule has 0 spiro atoms. The van der Waals surface area contributed by atoms with Crippen LogP contribution in [0.15, 0.2) is 24.3 Å². The number of para-hydroxylation sites is 2. The maximum atomic E-state index is 12.9. The monoisotopic (exact) mass is 317 g/mol. The molecule has 0 saturated heterocycles. The highest BCUT2D eigenvalue weighted by Gasteiger charge is 2.39. The molecule has 3 rings (SSSR count). The molecule has 0 aromatic heterocycles. The third kappa shape index (κ3) is 3.62. The Kier molecular flexibility index (Phi) is 4.51. The van der Waals surface area contributed by atoms with Gasteiger partial charge in [-0.15, -0.1) is 0 Å². The van der Waals surface area contributed by atoms with Gasteiger partial charge in [-0.2, -0.15) is 0 Å². The van der Waals surface area contributed by atoms with Crippen LogP contribution in [0.2, 0.25) is 0 Å². The van der Waals surface area contributed by atoms with E-state index in [2.05, 4.69) is 0 Å². The summed E-state index contributed by atoms with van der Waals surface area (Å²) in [5.41, 5.74) is 0.338. The van der Waals surface area contributed by atoms with E-state index in [1.807, 2.05) is 49.9 Å². The minimum Gasteiger partial charge on any atom is -0.489 e. The van der Waals surface area contributed by atoms with Crippen molar-refractivity contribution in [3.05, 3.63) is 24.3 Å². The van der Waals surface area contributed by atoms with Crippen molar-refractivity contribution in [3.8, 4) is 5.75 Å². The molecule has 1 saturated carbocycles. The van der Waals surface area contributed by atoms with E-state index >= 15 is 0 Å². The lowest BCUT2D eigenvalue weighted by molar-refractivity contribution is 0.0513. The van der Waals surface area contributed by atoms with Crippen LogP contribution < -0.4 is 9.64 Å². The van der Waals surface area contributed by atoms with Crippen LogP contribution in [0, 0.1) is 5.92 Å². The molecule has 0 bridgehead atoms. The average molecular weight is 317 g/mol. The van der Waals surface area contributed by atoms with Crippen LogP contribution in [0.4, 0.5) is 10.5 Å². The van der Waals surface area contributed by atoms with Gasteiger partial charge in [-0.1, -0.05) is 31.4 Å². The van der Waals surface area contributed by atoms with E-state index in [0.29, 0.717) is 12.5 Å². The molecule has 1 amide bonds. The van der Waals surface area contributed by atoms with E-state index in [-0.39, 0.29) is 12.1 Å². The van der Waals surface area contributed by atoms with Crippen LogP contribution >= 0.6 is 0 Å². The van der Waals surface area contributed by atoms with E-state index in [4.69, 9.17) is 9.47 Å². The highest BCUT2D eigenvalue weighted by atomic mass is 16.6. The Hall–Kier alpha value is -1.71. The average Bonchev–Trinajstić information content (AvgIpc) is 2.53. The van der Waals surface area contributed by atoms with Gasteiger partial charge in [0.2, 0.25) is 0 Å². The Morgan fingerprint density at radius 3 is 2.57 bits per heavy atom. The van der Waals surface area contributed by atoms with E-state index in [0.717, 1.165) is 24.3 Å². The van der Waals surface area contributed by atoms with Crippen LogP contribution in [0.5, 0.6) is 5.75 Å². The zero-order chi connectivity index (χ0) is 16.4. The minimum absolute atomic E-state index is 0.0695. The van der Waals surface area contributed by atoms with Crippen LogP contribution in [-0.2, 0) is 4.74 Å². The van der Waals surface area contributed by atoms with E-state index in [1.165, 1.54) is 19.3 Å². The van der Waals surface area contributed by atoms with E-state index < -0.39 is 5.60 Å². The fourth-order valence-electron chi connectivity index (χ4n) is 3.62. The summed E-state index contributed by atoms with van der Waals surface area (Å²) in [5, 5.41) is 0. The number of carbonyl (C=O) groups is 1. The molecule has 1 fully saturated rings. The molecule has 1 atom stereocenters. The van der Waals surface area contributed by atoms with Gasteiger partial charge in [-0.05, 0) is 51.7 Å². The quantitative estimate of drug-likeness (QED) is 0.749. The topological polar surface area (TPSA) is 38.8 Å². The first-order chi connectivity index (χ1) is 11.0. The number of nitrogens with zero attached hydrogens (tertiary/aromatic N) is 1. The zero-order valence-corrected chi connectivity index (χ0v) is 14.4. The predicted octanol–water partition coefficient (Wildman–Crippen LogP) is 4.77. The Morgan fingerprint density at radius 2 is 1.87 bits per heavy atom. The van der Waals surface area contributed by atoms with Crippen LogP contribution in [0.1, 0.15) is 52.9 Å². The molecular formula is C19H27NO3. The summed E-state index contributed by atoms with van der Waals surface area (Å²) in [6, 6.07) is 7.83. The second-order valence-electron chi connectivity index (χ2n) is 7.59. The standard InChI is InChI=1S/C19H27NO3/c1-19(2,3)23-18(21)20-15-11-7-8-12-17(15)22-13-16(20)14-9-5-4-6-10-14/h7-8,11-12,14,16H,4-6,9-10,13H2,1-3H3/t16-/m0/s1. The molecule has 0 N–H and O–H groups in total. The lowest BCUT2D eigenvalue weighted by Gasteiger charge is -2.42. The number of hydrogen-bond acceptors (Lipinski definition) is 3. The molecule has 1 aliphatic heterocycles. The van der Waals surface area contributed by atoms with Crippen LogP contribution in [-0.4, -0.2) is 24.3 Å². The molecule has 23 heavy (non-hydrogen) atoms. The summed E-state index contributed by atoms with van der Waals surface area (Å²) >= 11 is 0. The predicted molar refractivity (Wildman–Crippen MR) is 91.0 cm³/mol. The second kappa shape index (κ2) is 6.42. The summed E-state index contributed by atoms with van der Waals surface area (Å²) in [4.78, 5) is 14.7. The number of fused-ring (bicyclic) bond motifs is 1. The van der Waals surface area contributed by atoms with Crippen molar-refractivity contribution in [1.29, 1.82) is 0 Å². The summed E-state index contributed by atoms with van der Waals surface area (Å²) in [6.45, 7) is 6.29. The highest BCUT2D eigenvalue weighted by Crippen LogP contribution is 2.39. The second-order valence-corrected chi connectivity index (χ2v) is 7.59. The number of rotatable bonds is 1. The zero-order valence-electron chi connectivity index (χ0n) is 14.4. The van der Waals surface area contributed by atoms with Crippen LogP contribution in [0.3, 0.4) is 0 Å². The third-order valence-electron chi connectivity index (χ3n) is 4.65. The number of ether oxygens (including phenoxy) is 2. The first-order valence-corrected chi connectivity index (χ1v) is 8.70. The number of amides is 1. The van der Waals surface area contributed by atoms with Gasteiger partial charge in [0.1, 0.15) is 18.0 Å². The molecule has 4 heteroatoms. The van der Waals surface area contributed by atoms with Gasteiger partial charge < -0.3 is 9.47 Å².